The number of aldehydes is 1. The average Bonchev–Trinajstić information content (AvgIpc) is 2.58. The number of carbonyl (C=O) groups is 2. The van der Waals surface area contributed by atoms with Crippen LogP contribution in [0.3, 0.4) is 0 Å². The number of alkyl carbamates (subject to hydrolysis) is 1. The lowest BCUT2D eigenvalue weighted by molar-refractivity contribution is 0.112. The molecule has 0 aliphatic rings. The summed E-state index contributed by atoms with van der Waals surface area (Å²) >= 11 is 0. The smallest absolute Gasteiger partial charge is 0.408 e. The Labute approximate surface area is 128 Å². The maximum Gasteiger partial charge on any atom is 0.408 e. The molecule has 0 fully saturated rings. The van der Waals surface area contributed by atoms with Gasteiger partial charge in [0.05, 0.1) is 6.54 Å². The number of aromatic nitrogens is 1. The Kier molecular flexibility index (Phi) is 5.70. The van der Waals surface area contributed by atoms with E-state index in [1.807, 2.05) is 30.3 Å². The van der Waals surface area contributed by atoms with Gasteiger partial charge in [0.15, 0.2) is 6.29 Å². The molecule has 5 heteroatoms. The van der Waals surface area contributed by atoms with Crippen LogP contribution >= 0.6 is 0 Å². The van der Waals surface area contributed by atoms with Crippen LogP contribution < -0.4 is 5.32 Å². The molecule has 110 valence electrons. The van der Waals surface area contributed by atoms with Gasteiger partial charge in [-0.2, -0.15) is 0 Å². The van der Waals surface area contributed by atoms with E-state index in [2.05, 4.69) is 22.1 Å². The first-order chi connectivity index (χ1) is 10.8. The highest BCUT2D eigenvalue weighted by Gasteiger charge is 2.00. The van der Waals surface area contributed by atoms with Crippen LogP contribution in [0.4, 0.5) is 4.79 Å². The van der Waals surface area contributed by atoms with Gasteiger partial charge in [0.2, 0.25) is 0 Å². The molecule has 0 saturated carbocycles. The fourth-order valence-corrected chi connectivity index (χ4v) is 1.57. The maximum absolute atomic E-state index is 11.5. The SMILES string of the molecule is O=Cc1ccc(C#CCNC(=O)OCc2ccccc2)nc1. The van der Waals surface area contributed by atoms with Crippen LogP contribution in [0.2, 0.25) is 0 Å². The van der Waals surface area contributed by atoms with Crippen molar-refractivity contribution in [2.45, 2.75) is 6.61 Å². The number of pyridine rings is 1. The molecular weight excluding hydrogens is 280 g/mol. The van der Waals surface area contributed by atoms with Gasteiger partial charge in [0.25, 0.3) is 0 Å². The molecule has 1 heterocycles. The monoisotopic (exact) mass is 294 g/mol. The molecule has 0 saturated heterocycles. The van der Waals surface area contributed by atoms with Crippen LogP contribution in [0, 0.1) is 11.8 Å². The summed E-state index contributed by atoms with van der Waals surface area (Å²) < 4.78 is 5.04. The van der Waals surface area contributed by atoms with Crippen molar-refractivity contribution in [1.29, 1.82) is 0 Å². The molecule has 1 N–H and O–H groups in total. The summed E-state index contributed by atoms with van der Waals surface area (Å²) in [6.45, 7) is 0.375. The number of hydrogen-bond acceptors (Lipinski definition) is 4. The third kappa shape index (κ3) is 5.10. The number of ether oxygens (including phenoxy) is 1. The van der Waals surface area contributed by atoms with Crippen molar-refractivity contribution in [3.63, 3.8) is 0 Å². The van der Waals surface area contributed by atoms with Gasteiger partial charge >= 0.3 is 6.09 Å². The first-order valence-corrected chi connectivity index (χ1v) is 6.62. The van der Waals surface area contributed by atoms with Gasteiger partial charge in [-0.3, -0.25) is 4.79 Å². The van der Waals surface area contributed by atoms with E-state index in [4.69, 9.17) is 4.74 Å². The number of nitrogens with one attached hydrogen (secondary N) is 1. The lowest BCUT2D eigenvalue weighted by Crippen LogP contribution is -2.24. The largest absolute Gasteiger partial charge is 0.445 e. The Morgan fingerprint density at radius 1 is 1.23 bits per heavy atom. The van der Waals surface area contributed by atoms with E-state index >= 15 is 0 Å². The molecule has 1 aromatic carbocycles. The van der Waals surface area contributed by atoms with Crippen molar-refractivity contribution in [2.75, 3.05) is 6.54 Å². The summed E-state index contributed by atoms with van der Waals surface area (Å²) in [5.74, 6) is 5.53. The highest BCUT2D eigenvalue weighted by Crippen LogP contribution is 2.00. The Morgan fingerprint density at radius 3 is 2.73 bits per heavy atom. The molecule has 0 aliphatic heterocycles. The van der Waals surface area contributed by atoms with Crippen LogP contribution in [-0.4, -0.2) is 23.9 Å². The topological polar surface area (TPSA) is 68.3 Å². The van der Waals surface area contributed by atoms with E-state index in [0.717, 1.165) is 5.56 Å². The van der Waals surface area contributed by atoms with Crippen molar-refractivity contribution in [3.05, 3.63) is 65.5 Å². The van der Waals surface area contributed by atoms with E-state index < -0.39 is 6.09 Å². The summed E-state index contributed by atoms with van der Waals surface area (Å²) in [5.41, 5.74) is 1.95. The minimum absolute atomic E-state index is 0.157. The molecule has 0 unspecified atom stereocenters. The number of carbonyl (C=O) groups excluding carboxylic acids is 2. The molecule has 5 nitrogen and oxygen atoms in total. The van der Waals surface area contributed by atoms with Crippen LogP contribution in [-0.2, 0) is 11.3 Å². The summed E-state index contributed by atoms with van der Waals surface area (Å²) in [4.78, 5) is 25.9. The molecule has 1 aromatic heterocycles. The molecular formula is C17H14N2O3. The van der Waals surface area contributed by atoms with Gasteiger partial charge < -0.3 is 10.1 Å². The normalized spacial score (nSPS) is 9.27. The van der Waals surface area contributed by atoms with E-state index in [1.54, 1.807) is 12.1 Å². The van der Waals surface area contributed by atoms with E-state index in [9.17, 15) is 9.59 Å². The number of benzene rings is 1. The molecule has 22 heavy (non-hydrogen) atoms. The zero-order valence-corrected chi connectivity index (χ0v) is 11.8. The van der Waals surface area contributed by atoms with Gasteiger partial charge in [0.1, 0.15) is 12.3 Å². The molecule has 0 radical (unpaired) electrons. The van der Waals surface area contributed by atoms with Crippen molar-refractivity contribution in [3.8, 4) is 11.8 Å². The second-order valence-corrected chi connectivity index (χ2v) is 4.31. The summed E-state index contributed by atoms with van der Waals surface area (Å²) in [6.07, 6.45) is 1.63. The predicted octanol–water partition coefficient (Wildman–Crippen LogP) is 2.17. The summed E-state index contributed by atoms with van der Waals surface area (Å²) in [7, 11) is 0. The van der Waals surface area contributed by atoms with Crippen molar-refractivity contribution in [2.24, 2.45) is 0 Å². The zero-order chi connectivity index (χ0) is 15.6. The molecule has 0 spiro atoms. The Balaban J connectivity index is 1.72. The quantitative estimate of drug-likeness (QED) is 0.693. The summed E-state index contributed by atoms with van der Waals surface area (Å²) in [6, 6.07) is 12.7. The first kappa shape index (κ1) is 15.3. The number of amides is 1. The van der Waals surface area contributed by atoms with Crippen molar-refractivity contribution >= 4 is 12.4 Å². The first-order valence-electron chi connectivity index (χ1n) is 6.62. The Hall–Kier alpha value is -3.13. The fourth-order valence-electron chi connectivity index (χ4n) is 1.57. The minimum Gasteiger partial charge on any atom is -0.445 e. The van der Waals surface area contributed by atoms with Crippen molar-refractivity contribution < 1.29 is 14.3 Å². The van der Waals surface area contributed by atoms with Gasteiger partial charge in [-0.1, -0.05) is 36.3 Å². The Bertz CT molecular complexity index is 685. The molecule has 0 bridgehead atoms. The molecule has 0 aliphatic carbocycles. The highest BCUT2D eigenvalue weighted by molar-refractivity contribution is 5.74. The second kappa shape index (κ2) is 8.22. The molecule has 2 rings (SSSR count). The second-order valence-electron chi connectivity index (χ2n) is 4.31. The number of nitrogens with zero attached hydrogens (tertiary/aromatic N) is 1. The maximum atomic E-state index is 11.5. The molecule has 0 atom stereocenters. The van der Waals surface area contributed by atoms with Gasteiger partial charge in [-0.15, -0.1) is 0 Å². The zero-order valence-electron chi connectivity index (χ0n) is 11.8. The third-order valence-electron chi connectivity index (χ3n) is 2.67. The Morgan fingerprint density at radius 2 is 2.05 bits per heavy atom. The molecule has 1 amide bonds. The van der Waals surface area contributed by atoms with Gasteiger partial charge in [-0.25, -0.2) is 9.78 Å². The lowest BCUT2D eigenvalue weighted by atomic mass is 10.2. The minimum atomic E-state index is -0.526. The van der Waals surface area contributed by atoms with E-state index in [0.29, 0.717) is 17.5 Å². The lowest BCUT2D eigenvalue weighted by Gasteiger charge is -2.04. The third-order valence-corrected chi connectivity index (χ3v) is 2.67. The highest BCUT2D eigenvalue weighted by atomic mass is 16.5. The predicted molar refractivity (Wildman–Crippen MR) is 81.1 cm³/mol. The number of rotatable bonds is 4. The van der Waals surface area contributed by atoms with Crippen LogP contribution in [0.5, 0.6) is 0 Å². The van der Waals surface area contributed by atoms with Crippen LogP contribution in [0.15, 0.2) is 48.7 Å². The number of hydrogen-bond donors (Lipinski definition) is 1. The molecule has 2 aromatic rings. The fraction of sp³-hybridized carbons (Fsp3) is 0.118. The average molecular weight is 294 g/mol. The van der Waals surface area contributed by atoms with Gasteiger partial charge in [-0.05, 0) is 23.6 Å². The van der Waals surface area contributed by atoms with Crippen LogP contribution in [0.25, 0.3) is 0 Å². The standard InChI is InChI=1S/C17H14N2O3/c20-12-15-8-9-16(19-11-15)7-4-10-18-17(21)22-13-14-5-2-1-3-6-14/h1-3,5-6,8-9,11-12H,10,13H2,(H,18,21). The van der Waals surface area contributed by atoms with Crippen molar-refractivity contribution in [1.82, 2.24) is 10.3 Å². The van der Waals surface area contributed by atoms with Gasteiger partial charge in [0, 0.05) is 11.8 Å². The van der Waals surface area contributed by atoms with Crippen LogP contribution in [0.1, 0.15) is 21.6 Å². The summed E-state index contributed by atoms with van der Waals surface area (Å²) in [5, 5.41) is 2.53. The van der Waals surface area contributed by atoms with E-state index in [-0.39, 0.29) is 13.2 Å². The van der Waals surface area contributed by atoms with E-state index in [1.165, 1.54) is 6.20 Å².